The Bertz CT molecular complexity index is 909. The molecule has 10 heteroatoms. The topological polar surface area (TPSA) is 120 Å². The Balaban J connectivity index is 1.26. The van der Waals surface area contributed by atoms with Crippen LogP contribution in [0.4, 0.5) is 0 Å². The van der Waals surface area contributed by atoms with E-state index in [1.807, 2.05) is 0 Å². The predicted octanol–water partition coefficient (Wildman–Crippen LogP) is 1.28. The molecule has 0 saturated heterocycles. The van der Waals surface area contributed by atoms with Gasteiger partial charge in [0, 0.05) is 11.1 Å². The number of carbonyl (C=O) groups excluding carboxylic acids is 2. The quantitative estimate of drug-likeness (QED) is 0.594. The maximum Gasteiger partial charge on any atom is 0.271 e. The zero-order valence-electron chi connectivity index (χ0n) is 14.4. The van der Waals surface area contributed by atoms with E-state index in [1.54, 1.807) is 36.4 Å². The maximum atomic E-state index is 12.0. The fourth-order valence-electron chi connectivity index (χ4n) is 2.46. The Labute approximate surface area is 158 Å². The van der Waals surface area contributed by atoms with Crippen molar-refractivity contribution in [2.45, 2.75) is 0 Å². The standard InChI is InChI=1S/C18H14N4O6/c23-17(11-1-3-13-15(7-11)27-9-25-13)21-19-5-6-20-22-18(24)12-2-4-14-16(8-12)28-10-26-14/h1-8H,9-10H2,(H,21,23)(H,22,24)/b19-5-,20-6-. The summed E-state index contributed by atoms with van der Waals surface area (Å²) in [6.07, 6.45) is 2.45. The molecule has 2 aliphatic heterocycles. The molecular weight excluding hydrogens is 368 g/mol. The molecule has 2 heterocycles. The van der Waals surface area contributed by atoms with E-state index in [0.29, 0.717) is 34.1 Å². The van der Waals surface area contributed by atoms with Gasteiger partial charge in [-0.2, -0.15) is 10.2 Å². The molecule has 2 aromatic carbocycles. The molecular formula is C18H14N4O6. The molecule has 2 aliphatic rings. The molecule has 2 amide bonds. The average Bonchev–Trinajstić information content (AvgIpc) is 3.37. The van der Waals surface area contributed by atoms with Crippen molar-refractivity contribution < 1.29 is 28.5 Å². The monoisotopic (exact) mass is 382 g/mol. The molecule has 2 aromatic rings. The first kappa shape index (κ1) is 17.3. The summed E-state index contributed by atoms with van der Waals surface area (Å²) >= 11 is 0. The Kier molecular flexibility index (Phi) is 4.74. The minimum atomic E-state index is -0.424. The van der Waals surface area contributed by atoms with Gasteiger partial charge in [-0.25, -0.2) is 10.9 Å². The van der Waals surface area contributed by atoms with Crippen LogP contribution in [-0.4, -0.2) is 37.8 Å². The normalized spacial score (nSPS) is 13.9. The van der Waals surface area contributed by atoms with Crippen molar-refractivity contribution in [1.29, 1.82) is 0 Å². The number of fused-ring (bicyclic) bond motifs is 2. The van der Waals surface area contributed by atoms with E-state index in [9.17, 15) is 9.59 Å². The summed E-state index contributed by atoms with van der Waals surface area (Å²) in [7, 11) is 0. The van der Waals surface area contributed by atoms with Crippen molar-refractivity contribution in [3.05, 3.63) is 47.5 Å². The molecule has 0 unspecified atom stereocenters. The van der Waals surface area contributed by atoms with E-state index in [1.165, 1.54) is 12.4 Å². The van der Waals surface area contributed by atoms with Gasteiger partial charge in [-0.3, -0.25) is 9.59 Å². The first-order valence-electron chi connectivity index (χ1n) is 8.15. The molecule has 142 valence electrons. The molecule has 0 radical (unpaired) electrons. The number of nitrogens with zero attached hydrogens (tertiary/aromatic N) is 2. The van der Waals surface area contributed by atoms with Gasteiger partial charge >= 0.3 is 0 Å². The highest BCUT2D eigenvalue weighted by atomic mass is 16.7. The Morgan fingerprint density at radius 2 is 1.14 bits per heavy atom. The largest absolute Gasteiger partial charge is 0.454 e. The molecule has 10 nitrogen and oxygen atoms in total. The van der Waals surface area contributed by atoms with Gasteiger partial charge in [-0.15, -0.1) is 0 Å². The first-order chi connectivity index (χ1) is 13.7. The lowest BCUT2D eigenvalue weighted by atomic mass is 10.2. The van der Waals surface area contributed by atoms with Gasteiger partial charge in [0.2, 0.25) is 13.6 Å². The third-order valence-electron chi connectivity index (χ3n) is 3.82. The van der Waals surface area contributed by atoms with Gasteiger partial charge < -0.3 is 18.9 Å². The van der Waals surface area contributed by atoms with Crippen LogP contribution in [0.1, 0.15) is 20.7 Å². The second kappa shape index (κ2) is 7.66. The summed E-state index contributed by atoms with van der Waals surface area (Å²) in [5.74, 6) is 1.34. The summed E-state index contributed by atoms with van der Waals surface area (Å²) in [5, 5.41) is 7.45. The van der Waals surface area contributed by atoms with E-state index < -0.39 is 11.8 Å². The van der Waals surface area contributed by atoms with Crippen molar-refractivity contribution >= 4 is 24.2 Å². The first-order valence-corrected chi connectivity index (χ1v) is 8.15. The van der Waals surface area contributed by atoms with Gasteiger partial charge in [0.15, 0.2) is 23.0 Å². The van der Waals surface area contributed by atoms with Crippen molar-refractivity contribution in [3.63, 3.8) is 0 Å². The highest BCUT2D eigenvalue weighted by Crippen LogP contribution is 2.33. The lowest BCUT2D eigenvalue weighted by molar-refractivity contribution is 0.0946. The van der Waals surface area contributed by atoms with Gasteiger partial charge in [0.05, 0.1) is 12.4 Å². The average molecular weight is 382 g/mol. The van der Waals surface area contributed by atoms with E-state index in [-0.39, 0.29) is 13.6 Å². The minimum absolute atomic E-state index is 0.132. The van der Waals surface area contributed by atoms with Crippen LogP contribution in [0.2, 0.25) is 0 Å². The smallest absolute Gasteiger partial charge is 0.271 e. The molecule has 0 bridgehead atoms. The zero-order chi connectivity index (χ0) is 19.3. The Morgan fingerprint density at radius 1 is 0.714 bits per heavy atom. The maximum absolute atomic E-state index is 12.0. The van der Waals surface area contributed by atoms with Crippen LogP contribution in [0.25, 0.3) is 0 Å². The molecule has 28 heavy (non-hydrogen) atoms. The summed E-state index contributed by atoms with van der Waals surface area (Å²) in [6, 6.07) is 9.61. The summed E-state index contributed by atoms with van der Waals surface area (Å²) in [6.45, 7) is 0.264. The number of amides is 2. The van der Waals surface area contributed by atoms with E-state index >= 15 is 0 Å². The number of hydrazone groups is 2. The van der Waals surface area contributed by atoms with Crippen LogP contribution >= 0.6 is 0 Å². The second-order valence-corrected chi connectivity index (χ2v) is 5.57. The summed E-state index contributed by atoms with van der Waals surface area (Å²) in [5.41, 5.74) is 5.42. The number of carbonyl (C=O) groups is 2. The van der Waals surface area contributed by atoms with Gasteiger partial charge in [-0.1, -0.05) is 0 Å². The van der Waals surface area contributed by atoms with Crippen LogP contribution in [-0.2, 0) is 0 Å². The number of ether oxygens (including phenoxy) is 4. The SMILES string of the molecule is O=C(N/N=C\C=N/NC(=O)c1ccc2c(c1)OCO2)c1ccc2c(c1)OCO2. The van der Waals surface area contributed by atoms with E-state index in [0.717, 1.165) is 0 Å². The zero-order valence-corrected chi connectivity index (χ0v) is 14.4. The van der Waals surface area contributed by atoms with Crippen molar-refractivity contribution in [2.75, 3.05) is 13.6 Å². The fourth-order valence-corrected chi connectivity index (χ4v) is 2.46. The van der Waals surface area contributed by atoms with Gasteiger partial charge in [0.25, 0.3) is 11.8 Å². The summed E-state index contributed by atoms with van der Waals surface area (Å²) < 4.78 is 20.8. The summed E-state index contributed by atoms with van der Waals surface area (Å²) in [4.78, 5) is 24.0. The lowest BCUT2D eigenvalue weighted by Gasteiger charge is -2.01. The van der Waals surface area contributed by atoms with Gasteiger partial charge in [0.1, 0.15) is 0 Å². The lowest BCUT2D eigenvalue weighted by Crippen LogP contribution is -2.19. The highest BCUT2D eigenvalue weighted by molar-refractivity contribution is 6.16. The number of rotatable bonds is 5. The molecule has 0 spiro atoms. The molecule has 0 aliphatic carbocycles. The van der Waals surface area contributed by atoms with Crippen LogP contribution in [0.3, 0.4) is 0 Å². The molecule has 2 N–H and O–H groups in total. The predicted molar refractivity (Wildman–Crippen MR) is 97.0 cm³/mol. The number of nitrogens with one attached hydrogen (secondary N) is 2. The molecule has 4 rings (SSSR count). The Hall–Kier alpha value is -4.08. The van der Waals surface area contributed by atoms with Crippen LogP contribution in [0, 0.1) is 0 Å². The Morgan fingerprint density at radius 3 is 1.61 bits per heavy atom. The van der Waals surface area contributed by atoms with E-state index in [4.69, 9.17) is 18.9 Å². The highest BCUT2D eigenvalue weighted by Gasteiger charge is 2.16. The van der Waals surface area contributed by atoms with Crippen molar-refractivity contribution in [3.8, 4) is 23.0 Å². The molecule has 0 saturated carbocycles. The fraction of sp³-hybridized carbons (Fsp3) is 0.111. The van der Waals surface area contributed by atoms with Crippen molar-refractivity contribution in [2.24, 2.45) is 10.2 Å². The third kappa shape index (κ3) is 3.70. The van der Waals surface area contributed by atoms with Crippen LogP contribution in [0.15, 0.2) is 46.6 Å². The number of benzene rings is 2. The van der Waals surface area contributed by atoms with Gasteiger partial charge in [-0.05, 0) is 36.4 Å². The van der Waals surface area contributed by atoms with Crippen LogP contribution in [0.5, 0.6) is 23.0 Å². The molecule has 0 atom stereocenters. The van der Waals surface area contributed by atoms with Crippen molar-refractivity contribution in [1.82, 2.24) is 10.9 Å². The number of hydrogen-bond acceptors (Lipinski definition) is 8. The molecule has 0 aromatic heterocycles. The molecule has 0 fully saturated rings. The second-order valence-electron chi connectivity index (χ2n) is 5.57. The third-order valence-corrected chi connectivity index (χ3v) is 3.82. The minimum Gasteiger partial charge on any atom is -0.454 e. The van der Waals surface area contributed by atoms with Crippen LogP contribution < -0.4 is 29.8 Å². The number of hydrogen-bond donors (Lipinski definition) is 2. The van der Waals surface area contributed by atoms with E-state index in [2.05, 4.69) is 21.1 Å².